The molecule has 1 heterocycles. The molecule has 1 aromatic heterocycles. The maximum atomic E-state index is 14.1. The topological polar surface area (TPSA) is 110 Å². The monoisotopic (exact) mass is 483 g/mol. The van der Waals surface area contributed by atoms with Crippen molar-refractivity contribution in [1.82, 2.24) is 9.97 Å². The fourth-order valence-electron chi connectivity index (χ4n) is 3.45. The van der Waals surface area contributed by atoms with Crippen molar-refractivity contribution < 1.29 is 27.2 Å². The average molecular weight is 483 g/mol. The van der Waals surface area contributed by atoms with Crippen LogP contribution in [-0.2, 0) is 12.7 Å². The molecule has 0 unspecified atom stereocenters. The Morgan fingerprint density at radius 2 is 1.71 bits per heavy atom. The predicted octanol–water partition coefficient (Wildman–Crippen LogP) is 4.75. The van der Waals surface area contributed by atoms with Crippen LogP contribution in [0.15, 0.2) is 67.0 Å². The van der Waals surface area contributed by atoms with E-state index in [-0.39, 0.29) is 18.2 Å². The minimum absolute atomic E-state index is 0.258. The van der Waals surface area contributed by atoms with E-state index in [1.54, 1.807) is 42.5 Å². The van der Waals surface area contributed by atoms with Crippen LogP contribution in [0, 0.1) is 5.82 Å². The Kier molecular flexibility index (Phi) is 6.32. The second-order valence-electron chi connectivity index (χ2n) is 7.49. The number of nitrogens with zero attached hydrogens (tertiary/aromatic N) is 2. The van der Waals surface area contributed by atoms with Crippen LogP contribution >= 0.6 is 0 Å². The van der Waals surface area contributed by atoms with Gasteiger partial charge in [0.1, 0.15) is 18.0 Å². The van der Waals surface area contributed by atoms with Crippen molar-refractivity contribution in [3.8, 4) is 0 Å². The molecule has 0 aliphatic rings. The smallest absolute Gasteiger partial charge is 0.366 e. The first-order chi connectivity index (χ1) is 16.6. The number of para-hydroxylation sites is 1. The van der Waals surface area contributed by atoms with E-state index in [2.05, 4.69) is 20.6 Å². The van der Waals surface area contributed by atoms with Crippen LogP contribution in [0.25, 0.3) is 10.9 Å². The summed E-state index contributed by atoms with van der Waals surface area (Å²) in [6.45, 7) is 0.269. The van der Waals surface area contributed by atoms with E-state index in [4.69, 9.17) is 5.73 Å². The van der Waals surface area contributed by atoms with Gasteiger partial charge in [-0.15, -0.1) is 0 Å². The summed E-state index contributed by atoms with van der Waals surface area (Å²) in [5.41, 5.74) is 5.40. The number of amides is 2. The molecule has 0 fully saturated rings. The molecule has 4 rings (SSSR count). The first-order valence-corrected chi connectivity index (χ1v) is 10.2. The summed E-state index contributed by atoms with van der Waals surface area (Å²) in [7, 11) is 0. The number of rotatable bonds is 6. The molecule has 0 atom stereocenters. The lowest BCUT2D eigenvalue weighted by molar-refractivity contribution is -0.137. The van der Waals surface area contributed by atoms with E-state index in [0.717, 1.165) is 6.07 Å². The minimum atomic E-state index is -4.71. The number of carbonyl (C=O) groups excluding carboxylic acids is 2. The second-order valence-corrected chi connectivity index (χ2v) is 7.49. The summed E-state index contributed by atoms with van der Waals surface area (Å²) in [6, 6.07) is 13.3. The Morgan fingerprint density at radius 1 is 0.943 bits per heavy atom. The van der Waals surface area contributed by atoms with Gasteiger partial charge in [0.2, 0.25) is 0 Å². The number of benzene rings is 3. The number of fused-ring (bicyclic) bond motifs is 1. The summed E-state index contributed by atoms with van der Waals surface area (Å²) in [5.74, 6) is -2.32. The van der Waals surface area contributed by atoms with Crippen LogP contribution in [-0.4, -0.2) is 21.8 Å². The van der Waals surface area contributed by atoms with Gasteiger partial charge in [-0.25, -0.2) is 14.4 Å². The number of carbonyl (C=O) groups is 2. The quantitative estimate of drug-likeness (QED) is 0.343. The fraction of sp³-hybridized carbons (Fsp3) is 0.0833. The lowest BCUT2D eigenvalue weighted by Crippen LogP contribution is -2.15. The highest BCUT2D eigenvalue weighted by Crippen LogP contribution is 2.30. The Bertz CT molecular complexity index is 1440. The Hall–Kier alpha value is -4.54. The molecule has 0 radical (unpaired) electrons. The van der Waals surface area contributed by atoms with Crippen molar-refractivity contribution in [3.05, 3.63) is 95.1 Å². The normalized spacial score (nSPS) is 11.3. The summed E-state index contributed by atoms with van der Waals surface area (Å²) in [5, 5.41) is 6.20. The van der Waals surface area contributed by atoms with E-state index in [1.165, 1.54) is 6.33 Å². The van der Waals surface area contributed by atoms with Gasteiger partial charge < -0.3 is 16.4 Å². The Balaban J connectivity index is 1.49. The first kappa shape index (κ1) is 23.6. The molecule has 2 amide bonds. The van der Waals surface area contributed by atoms with Crippen molar-refractivity contribution in [3.63, 3.8) is 0 Å². The fourth-order valence-corrected chi connectivity index (χ4v) is 3.45. The van der Waals surface area contributed by atoms with E-state index in [0.29, 0.717) is 34.0 Å². The van der Waals surface area contributed by atoms with Crippen molar-refractivity contribution >= 4 is 34.2 Å². The van der Waals surface area contributed by atoms with Gasteiger partial charge in [-0.1, -0.05) is 18.2 Å². The van der Waals surface area contributed by atoms with Gasteiger partial charge in [0, 0.05) is 17.6 Å². The van der Waals surface area contributed by atoms with Crippen molar-refractivity contribution in [1.29, 1.82) is 0 Å². The lowest BCUT2D eigenvalue weighted by atomic mass is 10.1. The van der Waals surface area contributed by atoms with Gasteiger partial charge in [-0.2, -0.15) is 13.2 Å². The van der Waals surface area contributed by atoms with Gasteiger partial charge in [-0.05, 0) is 48.0 Å². The Labute approximate surface area is 196 Å². The number of primary amides is 1. The van der Waals surface area contributed by atoms with Gasteiger partial charge >= 0.3 is 6.18 Å². The number of anilines is 2. The molecule has 0 saturated carbocycles. The standard InChI is InChI=1S/C24H17F4N5O2/c25-19-10-14(24(26,27)28)7-8-16(19)23(35)33-15-4-1-3-13(9-15)11-30-22-18-6-2-5-17(21(29)34)20(18)31-12-32-22/h1-10,12H,11H2,(H2,29,34)(H,33,35)(H,30,31,32). The molecule has 0 spiro atoms. The van der Waals surface area contributed by atoms with E-state index in [9.17, 15) is 27.2 Å². The number of aromatic nitrogens is 2. The number of halogens is 4. The van der Waals surface area contributed by atoms with Crippen LogP contribution in [0.3, 0.4) is 0 Å². The second kappa shape index (κ2) is 9.37. The number of hydrogen-bond donors (Lipinski definition) is 3. The van der Waals surface area contributed by atoms with Crippen LogP contribution in [0.2, 0.25) is 0 Å². The third-order valence-corrected chi connectivity index (χ3v) is 5.12. The molecule has 35 heavy (non-hydrogen) atoms. The zero-order valence-corrected chi connectivity index (χ0v) is 17.9. The molecule has 0 aliphatic carbocycles. The zero-order valence-electron chi connectivity index (χ0n) is 17.9. The molecule has 178 valence electrons. The van der Waals surface area contributed by atoms with Crippen molar-refractivity contribution in [2.24, 2.45) is 5.73 Å². The van der Waals surface area contributed by atoms with Crippen LogP contribution in [0.4, 0.5) is 29.1 Å². The third-order valence-electron chi connectivity index (χ3n) is 5.12. The summed E-state index contributed by atoms with van der Waals surface area (Å²) >= 11 is 0. The van der Waals surface area contributed by atoms with Crippen LogP contribution in [0.1, 0.15) is 31.8 Å². The molecular formula is C24H17F4N5O2. The molecule has 0 saturated heterocycles. The summed E-state index contributed by atoms with van der Waals surface area (Å²) < 4.78 is 52.3. The largest absolute Gasteiger partial charge is 0.416 e. The molecule has 4 N–H and O–H groups in total. The van der Waals surface area contributed by atoms with Crippen molar-refractivity contribution in [2.75, 3.05) is 10.6 Å². The highest BCUT2D eigenvalue weighted by Gasteiger charge is 2.31. The van der Waals surface area contributed by atoms with E-state index >= 15 is 0 Å². The maximum Gasteiger partial charge on any atom is 0.416 e. The van der Waals surface area contributed by atoms with Gasteiger partial charge in [0.15, 0.2) is 0 Å². The van der Waals surface area contributed by atoms with Crippen molar-refractivity contribution in [2.45, 2.75) is 12.7 Å². The number of nitrogens with one attached hydrogen (secondary N) is 2. The summed E-state index contributed by atoms with van der Waals surface area (Å²) in [6.07, 6.45) is -3.42. The van der Waals surface area contributed by atoms with Gasteiger partial charge in [0.25, 0.3) is 11.8 Å². The molecule has 3 aromatic carbocycles. The lowest BCUT2D eigenvalue weighted by Gasteiger charge is -2.12. The summed E-state index contributed by atoms with van der Waals surface area (Å²) in [4.78, 5) is 32.4. The molecule has 4 aromatic rings. The number of hydrogen-bond acceptors (Lipinski definition) is 5. The van der Waals surface area contributed by atoms with E-state index in [1.807, 2.05) is 0 Å². The van der Waals surface area contributed by atoms with Crippen LogP contribution in [0.5, 0.6) is 0 Å². The number of nitrogens with two attached hydrogens (primary N) is 1. The first-order valence-electron chi connectivity index (χ1n) is 10.2. The van der Waals surface area contributed by atoms with Gasteiger partial charge in [-0.3, -0.25) is 9.59 Å². The molecule has 0 aliphatic heterocycles. The molecule has 0 bridgehead atoms. The Morgan fingerprint density at radius 3 is 2.43 bits per heavy atom. The molecule has 7 nitrogen and oxygen atoms in total. The highest BCUT2D eigenvalue weighted by atomic mass is 19.4. The maximum absolute atomic E-state index is 14.1. The zero-order chi connectivity index (χ0) is 25.2. The van der Waals surface area contributed by atoms with Crippen LogP contribution < -0.4 is 16.4 Å². The average Bonchev–Trinajstić information content (AvgIpc) is 2.81. The van der Waals surface area contributed by atoms with Gasteiger partial charge in [0.05, 0.1) is 22.2 Å². The van der Waals surface area contributed by atoms with E-state index < -0.39 is 34.9 Å². The minimum Gasteiger partial charge on any atom is -0.366 e. The third kappa shape index (κ3) is 5.18. The predicted molar refractivity (Wildman–Crippen MR) is 121 cm³/mol. The molecular weight excluding hydrogens is 466 g/mol. The highest BCUT2D eigenvalue weighted by molar-refractivity contribution is 6.07. The number of alkyl halides is 3. The SMILES string of the molecule is NC(=O)c1cccc2c(NCc3cccc(NC(=O)c4ccc(C(F)(F)F)cc4F)c3)ncnc12. The molecule has 11 heteroatoms.